The van der Waals surface area contributed by atoms with Crippen molar-refractivity contribution in [1.82, 2.24) is 14.5 Å². The summed E-state index contributed by atoms with van der Waals surface area (Å²) in [6, 6.07) is 4.95. The second-order valence-electron chi connectivity index (χ2n) is 9.25. The van der Waals surface area contributed by atoms with Gasteiger partial charge in [-0.25, -0.2) is 9.37 Å². The highest BCUT2D eigenvalue weighted by Gasteiger charge is 2.41. The number of benzene rings is 1. The fourth-order valence-electron chi connectivity index (χ4n) is 4.76. The zero-order chi connectivity index (χ0) is 26.4. The maximum atomic E-state index is 14.2. The van der Waals surface area contributed by atoms with Crippen LogP contribution in [-0.4, -0.2) is 39.4 Å². The molecule has 0 aliphatic carbocycles. The Morgan fingerprint density at radius 3 is 2.42 bits per heavy atom. The van der Waals surface area contributed by atoms with E-state index in [1.54, 1.807) is 18.7 Å². The Hall–Kier alpha value is -3.14. The number of piperidine rings is 1. The van der Waals surface area contributed by atoms with Crippen LogP contribution in [0.3, 0.4) is 0 Å². The van der Waals surface area contributed by atoms with Gasteiger partial charge in [0.25, 0.3) is 5.91 Å². The lowest BCUT2D eigenvalue weighted by molar-refractivity contribution is -0.144. The number of carbonyl (C=O) groups is 2. The van der Waals surface area contributed by atoms with Crippen molar-refractivity contribution in [1.29, 1.82) is 0 Å². The van der Waals surface area contributed by atoms with E-state index in [0.29, 0.717) is 25.9 Å². The number of alkyl halides is 3. The van der Waals surface area contributed by atoms with Crippen LogP contribution in [0, 0.1) is 11.7 Å². The van der Waals surface area contributed by atoms with Gasteiger partial charge in [-0.1, -0.05) is 25.4 Å². The summed E-state index contributed by atoms with van der Waals surface area (Å²) in [5.41, 5.74) is -0.243. The summed E-state index contributed by atoms with van der Waals surface area (Å²) in [5.74, 6) is -1.92. The molecule has 0 unspecified atom stereocenters. The van der Waals surface area contributed by atoms with E-state index in [0.717, 1.165) is 10.6 Å². The molecule has 1 N–H and O–H groups in total. The largest absolute Gasteiger partial charge is 0.431 e. The molecule has 2 amide bonds. The van der Waals surface area contributed by atoms with Crippen molar-refractivity contribution in [3.8, 4) is 0 Å². The molecular formula is C25H25ClF4N4O2. The number of rotatable bonds is 4. The molecule has 4 rings (SSSR count). The normalized spacial score (nSPS) is 15.1. The van der Waals surface area contributed by atoms with Crippen LogP contribution in [0.2, 0.25) is 5.02 Å². The molecule has 36 heavy (non-hydrogen) atoms. The van der Waals surface area contributed by atoms with E-state index in [-0.39, 0.29) is 44.7 Å². The molecule has 192 valence electrons. The summed E-state index contributed by atoms with van der Waals surface area (Å²) in [6.07, 6.45) is -2.58. The average molecular weight is 525 g/mol. The summed E-state index contributed by atoms with van der Waals surface area (Å²) < 4.78 is 57.0. The minimum Gasteiger partial charge on any atom is -0.342 e. The van der Waals surface area contributed by atoms with Crippen LogP contribution in [0.4, 0.5) is 23.2 Å². The Bertz CT molecular complexity index is 1330. The molecule has 1 aromatic carbocycles. The van der Waals surface area contributed by atoms with Gasteiger partial charge in [-0.3, -0.25) is 9.59 Å². The van der Waals surface area contributed by atoms with Gasteiger partial charge in [0.05, 0.1) is 16.9 Å². The second-order valence-corrected chi connectivity index (χ2v) is 9.66. The number of anilines is 1. The molecule has 3 heterocycles. The van der Waals surface area contributed by atoms with Crippen LogP contribution >= 0.6 is 11.6 Å². The van der Waals surface area contributed by atoms with Crippen molar-refractivity contribution >= 4 is 40.1 Å². The first-order valence-corrected chi connectivity index (χ1v) is 11.9. The standard InChI is InChI=1S/C25H25ClF4N4O2/c1-13(2)24(36)34-8-6-14(7-9-34)20-17-11-16(12-31-22(17)33(3)21(20)25(28,29)30)32-23(35)15-4-5-19(27)18(26)10-15/h4-5,10-14H,6-9H2,1-3H3,(H,32,35). The number of pyridine rings is 1. The van der Waals surface area contributed by atoms with Gasteiger partial charge in [0.2, 0.25) is 5.91 Å². The molecule has 2 aromatic heterocycles. The fraction of sp³-hybridized carbons (Fsp3) is 0.400. The first-order valence-electron chi connectivity index (χ1n) is 11.5. The maximum absolute atomic E-state index is 14.2. The zero-order valence-corrected chi connectivity index (χ0v) is 20.7. The van der Waals surface area contributed by atoms with Crippen molar-refractivity contribution < 1.29 is 27.2 Å². The quantitative estimate of drug-likeness (QED) is 0.426. The smallest absolute Gasteiger partial charge is 0.342 e. The lowest BCUT2D eigenvalue weighted by Crippen LogP contribution is -2.40. The number of aryl methyl sites for hydroxylation is 1. The van der Waals surface area contributed by atoms with Crippen LogP contribution in [0.5, 0.6) is 0 Å². The highest BCUT2D eigenvalue weighted by atomic mass is 35.5. The predicted molar refractivity (Wildman–Crippen MR) is 128 cm³/mol. The lowest BCUT2D eigenvalue weighted by Gasteiger charge is -2.33. The van der Waals surface area contributed by atoms with E-state index in [1.165, 1.54) is 31.4 Å². The summed E-state index contributed by atoms with van der Waals surface area (Å²) in [7, 11) is 1.32. The molecule has 1 aliphatic rings. The van der Waals surface area contributed by atoms with Crippen LogP contribution in [0.1, 0.15) is 54.2 Å². The number of halogens is 5. The summed E-state index contributed by atoms with van der Waals surface area (Å²) >= 11 is 5.75. The van der Waals surface area contributed by atoms with E-state index in [1.807, 2.05) is 0 Å². The van der Waals surface area contributed by atoms with Gasteiger partial charge in [0.1, 0.15) is 17.2 Å². The molecule has 1 fully saturated rings. The van der Waals surface area contributed by atoms with Crippen molar-refractivity contribution in [3.63, 3.8) is 0 Å². The Balaban J connectivity index is 1.70. The monoisotopic (exact) mass is 524 g/mol. The van der Waals surface area contributed by atoms with E-state index in [4.69, 9.17) is 11.6 Å². The average Bonchev–Trinajstić information content (AvgIpc) is 3.12. The zero-order valence-electron chi connectivity index (χ0n) is 19.9. The molecule has 3 aromatic rings. The van der Waals surface area contributed by atoms with E-state index in [2.05, 4.69) is 10.3 Å². The molecule has 6 nitrogen and oxygen atoms in total. The van der Waals surface area contributed by atoms with Crippen LogP contribution < -0.4 is 5.32 Å². The Labute approximate surface area is 210 Å². The van der Waals surface area contributed by atoms with Gasteiger partial charge in [-0.05, 0) is 48.6 Å². The Morgan fingerprint density at radius 2 is 1.83 bits per heavy atom. The second kappa shape index (κ2) is 9.72. The van der Waals surface area contributed by atoms with Gasteiger partial charge in [-0.2, -0.15) is 13.2 Å². The first-order chi connectivity index (χ1) is 16.9. The van der Waals surface area contributed by atoms with Gasteiger partial charge in [0.15, 0.2) is 0 Å². The number of nitrogens with one attached hydrogen (secondary N) is 1. The number of likely N-dealkylation sites (tertiary alicyclic amines) is 1. The lowest BCUT2D eigenvalue weighted by atomic mass is 9.87. The van der Waals surface area contributed by atoms with Crippen LogP contribution in [0.15, 0.2) is 30.5 Å². The predicted octanol–water partition coefficient (Wildman–Crippen LogP) is 6.00. The minimum absolute atomic E-state index is 0.0185. The molecule has 0 bridgehead atoms. The fourth-order valence-corrected chi connectivity index (χ4v) is 4.94. The number of hydrogen-bond donors (Lipinski definition) is 1. The third-order valence-electron chi connectivity index (χ3n) is 6.48. The number of aromatic nitrogens is 2. The summed E-state index contributed by atoms with van der Waals surface area (Å²) in [5, 5.41) is 2.67. The van der Waals surface area contributed by atoms with Crippen molar-refractivity contribution in [2.24, 2.45) is 13.0 Å². The molecule has 0 radical (unpaired) electrons. The summed E-state index contributed by atoms with van der Waals surface area (Å²) in [6.45, 7) is 4.32. The van der Waals surface area contributed by atoms with Crippen molar-refractivity contribution in [2.75, 3.05) is 18.4 Å². The van der Waals surface area contributed by atoms with Gasteiger partial charge < -0.3 is 14.8 Å². The van der Waals surface area contributed by atoms with E-state index in [9.17, 15) is 27.2 Å². The third kappa shape index (κ3) is 4.91. The highest BCUT2D eigenvalue weighted by molar-refractivity contribution is 6.31. The van der Waals surface area contributed by atoms with E-state index >= 15 is 0 Å². The Kier molecular flexibility index (Phi) is 7.01. The van der Waals surface area contributed by atoms with Crippen LogP contribution in [-0.2, 0) is 18.0 Å². The molecule has 1 aliphatic heterocycles. The van der Waals surface area contributed by atoms with E-state index < -0.39 is 29.5 Å². The third-order valence-corrected chi connectivity index (χ3v) is 6.77. The molecule has 11 heteroatoms. The van der Waals surface area contributed by atoms with Gasteiger partial charge in [0, 0.05) is 37.0 Å². The van der Waals surface area contributed by atoms with Gasteiger partial charge >= 0.3 is 6.18 Å². The number of carbonyl (C=O) groups excluding carboxylic acids is 2. The molecule has 0 atom stereocenters. The number of hydrogen-bond acceptors (Lipinski definition) is 3. The van der Waals surface area contributed by atoms with Crippen molar-refractivity contribution in [3.05, 3.63) is 58.1 Å². The Morgan fingerprint density at radius 1 is 1.17 bits per heavy atom. The van der Waals surface area contributed by atoms with Crippen LogP contribution in [0.25, 0.3) is 11.0 Å². The highest BCUT2D eigenvalue weighted by Crippen LogP contribution is 2.44. The topological polar surface area (TPSA) is 67.2 Å². The molecule has 1 saturated heterocycles. The SMILES string of the molecule is CC(C)C(=O)N1CCC(c2c(C(F)(F)F)n(C)c3ncc(NC(=O)c4ccc(F)c(Cl)c4)cc23)CC1. The molecule has 0 saturated carbocycles. The van der Waals surface area contributed by atoms with Crippen molar-refractivity contribution in [2.45, 2.75) is 38.8 Å². The maximum Gasteiger partial charge on any atom is 0.431 e. The van der Waals surface area contributed by atoms with Gasteiger partial charge in [-0.15, -0.1) is 0 Å². The minimum atomic E-state index is -4.62. The number of fused-ring (bicyclic) bond motifs is 1. The molecule has 0 spiro atoms. The first kappa shape index (κ1) is 25.9. The number of nitrogens with zero attached hydrogens (tertiary/aromatic N) is 3. The molecular weight excluding hydrogens is 500 g/mol. The number of amides is 2. The summed E-state index contributed by atoms with van der Waals surface area (Å²) in [4.78, 5) is 30.9.